The molecule has 0 heterocycles. The monoisotopic (exact) mass is 283 g/mol. The summed E-state index contributed by atoms with van der Waals surface area (Å²) in [6.07, 6.45) is 0.485. The highest BCUT2D eigenvalue weighted by Gasteiger charge is 2.13. The van der Waals surface area contributed by atoms with E-state index in [0.717, 1.165) is 6.07 Å². The molecule has 0 aliphatic carbocycles. The lowest BCUT2D eigenvalue weighted by atomic mass is 10.2. The van der Waals surface area contributed by atoms with Gasteiger partial charge in [-0.05, 0) is 18.0 Å². The van der Waals surface area contributed by atoms with E-state index >= 15 is 0 Å². The fraction of sp³-hybridized carbons (Fsp3) is 0.300. The van der Waals surface area contributed by atoms with Gasteiger partial charge in [-0.25, -0.2) is 0 Å². The maximum absolute atomic E-state index is 11.7. The zero-order valence-corrected chi connectivity index (χ0v) is 10.5. The van der Waals surface area contributed by atoms with Crippen molar-refractivity contribution in [3.05, 3.63) is 49.3 Å². The van der Waals surface area contributed by atoms with Gasteiger partial charge in [-0.15, -0.1) is 0 Å². The van der Waals surface area contributed by atoms with Crippen molar-refractivity contribution >= 4 is 23.2 Å². The van der Waals surface area contributed by atoms with E-state index in [1.54, 1.807) is 0 Å². The molecule has 0 aliphatic rings. The van der Waals surface area contributed by atoms with E-state index in [1.807, 2.05) is 0 Å². The Labute approximate surface area is 113 Å². The quantitative estimate of drug-likeness (QED) is 0.216. The van der Waals surface area contributed by atoms with Gasteiger partial charge in [-0.1, -0.05) is 16.7 Å². The lowest BCUT2D eigenvalue weighted by Gasteiger charge is -2.04. The third kappa shape index (κ3) is 4.82. The highest BCUT2D eigenvalue weighted by atomic mass is 35.5. The molecule has 0 unspecified atom stereocenters. The minimum Gasteiger partial charge on any atom is -0.352 e. The molecule has 1 aromatic rings. The first-order valence-corrected chi connectivity index (χ1v) is 5.66. The Morgan fingerprint density at radius 3 is 2.89 bits per heavy atom. The van der Waals surface area contributed by atoms with Gasteiger partial charge >= 0.3 is 0 Å². The molecule has 0 radical (unpaired) electrons. The Kier molecular flexibility index (Phi) is 5.59. The Bertz CT molecular complexity index is 542. The molecule has 0 bridgehead atoms. The van der Waals surface area contributed by atoms with Gasteiger partial charge in [0.05, 0.1) is 4.92 Å². The second-order valence-corrected chi connectivity index (χ2v) is 3.96. The molecular weight excluding hydrogens is 274 g/mol. The van der Waals surface area contributed by atoms with Crippen LogP contribution in [-0.2, 0) is 0 Å². The van der Waals surface area contributed by atoms with Gasteiger partial charge in [0.15, 0.2) is 0 Å². The molecule has 0 saturated carbocycles. The number of amides is 1. The van der Waals surface area contributed by atoms with Crippen LogP contribution in [-0.4, -0.2) is 23.9 Å². The average Bonchev–Trinajstić information content (AvgIpc) is 2.37. The number of hydrogen-bond acceptors (Lipinski definition) is 4. The number of nitrogens with one attached hydrogen (secondary N) is 1. The lowest BCUT2D eigenvalue weighted by molar-refractivity contribution is -0.384. The molecule has 0 fully saturated rings. The molecule has 0 spiro atoms. The molecular formula is C10H10ClN5O3. The van der Waals surface area contributed by atoms with Gasteiger partial charge in [0.1, 0.15) is 0 Å². The summed E-state index contributed by atoms with van der Waals surface area (Å²) in [4.78, 5) is 24.3. The first kappa shape index (κ1) is 14.7. The first-order valence-electron chi connectivity index (χ1n) is 5.28. The summed E-state index contributed by atoms with van der Waals surface area (Å²) in [6.45, 7) is 0.574. The Hall–Kier alpha value is -2.31. The molecule has 19 heavy (non-hydrogen) atoms. The van der Waals surface area contributed by atoms with Crippen molar-refractivity contribution in [1.29, 1.82) is 0 Å². The zero-order valence-electron chi connectivity index (χ0n) is 9.74. The standard InChI is InChI=1S/C10H10ClN5O3/c11-8-4-7(5-9(6-8)16(18)19)10(17)13-2-1-3-14-15-12/h4-6H,1-3H2,(H,13,17). The van der Waals surface area contributed by atoms with Crippen molar-refractivity contribution in [2.45, 2.75) is 6.42 Å². The smallest absolute Gasteiger partial charge is 0.271 e. The normalized spacial score (nSPS) is 9.53. The Morgan fingerprint density at radius 1 is 1.53 bits per heavy atom. The van der Waals surface area contributed by atoms with Gasteiger partial charge in [0, 0.05) is 40.7 Å². The third-order valence-electron chi connectivity index (χ3n) is 2.14. The minimum atomic E-state index is -0.621. The summed E-state index contributed by atoms with van der Waals surface area (Å²) >= 11 is 5.70. The van der Waals surface area contributed by atoms with Crippen LogP contribution in [0.2, 0.25) is 5.02 Å². The van der Waals surface area contributed by atoms with Crippen molar-refractivity contribution in [1.82, 2.24) is 5.32 Å². The number of nitro benzene ring substituents is 1. The Morgan fingerprint density at radius 2 is 2.26 bits per heavy atom. The summed E-state index contributed by atoms with van der Waals surface area (Å²) in [5.74, 6) is -0.466. The number of halogens is 1. The molecule has 8 nitrogen and oxygen atoms in total. The summed E-state index contributed by atoms with van der Waals surface area (Å²) in [5.41, 5.74) is 7.93. The molecule has 1 amide bonds. The number of benzene rings is 1. The van der Waals surface area contributed by atoms with Crippen LogP contribution < -0.4 is 5.32 Å². The van der Waals surface area contributed by atoms with Gasteiger partial charge in [-0.3, -0.25) is 14.9 Å². The maximum Gasteiger partial charge on any atom is 0.271 e. The van der Waals surface area contributed by atoms with Crippen molar-refractivity contribution < 1.29 is 9.72 Å². The maximum atomic E-state index is 11.7. The largest absolute Gasteiger partial charge is 0.352 e. The summed E-state index contributed by atoms with van der Waals surface area (Å²) in [6, 6.07) is 3.66. The van der Waals surface area contributed by atoms with Gasteiger partial charge in [0.2, 0.25) is 0 Å². The van der Waals surface area contributed by atoms with E-state index in [-0.39, 0.29) is 22.8 Å². The SMILES string of the molecule is [N-]=[N+]=NCCCNC(=O)c1cc(Cl)cc([N+](=O)[O-])c1. The molecule has 9 heteroatoms. The van der Waals surface area contributed by atoms with Crippen LogP contribution in [0.15, 0.2) is 23.3 Å². The molecule has 0 aromatic heterocycles. The van der Waals surface area contributed by atoms with Crippen LogP contribution >= 0.6 is 11.6 Å². The van der Waals surface area contributed by atoms with Crippen LogP contribution in [0, 0.1) is 10.1 Å². The topological polar surface area (TPSA) is 121 Å². The Balaban J connectivity index is 2.66. The second kappa shape index (κ2) is 7.20. The number of hydrogen-bond donors (Lipinski definition) is 1. The van der Waals surface area contributed by atoms with Gasteiger partial charge < -0.3 is 5.32 Å². The minimum absolute atomic E-state index is 0.114. The van der Waals surface area contributed by atoms with E-state index in [4.69, 9.17) is 17.1 Å². The van der Waals surface area contributed by atoms with E-state index in [2.05, 4.69) is 15.3 Å². The van der Waals surface area contributed by atoms with Crippen molar-refractivity contribution in [2.24, 2.45) is 5.11 Å². The van der Waals surface area contributed by atoms with E-state index in [1.165, 1.54) is 12.1 Å². The van der Waals surface area contributed by atoms with Crippen molar-refractivity contribution in [2.75, 3.05) is 13.1 Å². The van der Waals surface area contributed by atoms with Crippen molar-refractivity contribution in [3.8, 4) is 0 Å². The van der Waals surface area contributed by atoms with Crippen LogP contribution in [0.4, 0.5) is 5.69 Å². The van der Waals surface area contributed by atoms with Crippen LogP contribution in [0.5, 0.6) is 0 Å². The fourth-order valence-corrected chi connectivity index (χ4v) is 1.54. The number of rotatable bonds is 6. The number of azide groups is 1. The van der Waals surface area contributed by atoms with Crippen molar-refractivity contribution in [3.63, 3.8) is 0 Å². The molecule has 100 valence electrons. The summed E-state index contributed by atoms with van der Waals surface area (Å²) in [7, 11) is 0. The molecule has 1 rings (SSSR count). The number of carbonyl (C=O) groups is 1. The number of non-ortho nitro benzene ring substituents is 1. The molecule has 0 atom stereocenters. The highest BCUT2D eigenvalue weighted by molar-refractivity contribution is 6.31. The average molecular weight is 284 g/mol. The number of carbonyl (C=O) groups excluding carboxylic acids is 1. The lowest BCUT2D eigenvalue weighted by Crippen LogP contribution is -2.24. The number of nitro groups is 1. The van der Waals surface area contributed by atoms with Crippen LogP contribution in [0.3, 0.4) is 0 Å². The molecule has 1 N–H and O–H groups in total. The second-order valence-electron chi connectivity index (χ2n) is 3.52. The highest BCUT2D eigenvalue weighted by Crippen LogP contribution is 2.20. The molecule has 1 aromatic carbocycles. The third-order valence-corrected chi connectivity index (χ3v) is 2.36. The zero-order chi connectivity index (χ0) is 14.3. The first-order chi connectivity index (χ1) is 9.04. The number of nitrogens with zero attached hydrogens (tertiary/aromatic N) is 4. The summed E-state index contributed by atoms with van der Waals surface area (Å²) < 4.78 is 0. The summed E-state index contributed by atoms with van der Waals surface area (Å²) in [5, 5.41) is 16.6. The van der Waals surface area contributed by atoms with E-state index in [9.17, 15) is 14.9 Å². The van der Waals surface area contributed by atoms with E-state index in [0.29, 0.717) is 13.0 Å². The predicted octanol–water partition coefficient (Wildman–Crippen LogP) is 2.68. The van der Waals surface area contributed by atoms with Gasteiger partial charge in [0.25, 0.3) is 11.6 Å². The molecule has 0 saturated heterocycles. The van der Waals surface area contributed by atoms with Crippen LogP contribution in [0.1, 0.15) is 16.8 Å². The molecule has 0 aliphatic heterocycles. The van der Waals surface area contributed by atoms with Gasteiger partial charge in [-0.2, -0.15) is 0 Å². The predicted molar refractivity (Wildman–Crippen MR) is 69.1 cm³/mol. The van der Waals surface area contributed by atoms with E-state index < -0.39 is 10.8 Å². The van der Waals surface area contributed by atoms with Crippen LogP contribution in [0.25, 0.3) is 10.4 Å². The fourth-order valence-electron chi connectivity index (χ4n) is 1.31.